The maximum absolute atomic E-state index is 13.5. The number of imide groups is 1. The van der Waals surface area contributed by atoms with Crippen molar-refractivity contribution in [2.45, 2.75) is 67.8 Å². The normalized spacial score (nSPS) is 21.4. The second-order valence-corrected chi connectivity index (χ2v) is 14.9. The van der Waals surface area contributed by atoms with Crippen molar-refractivity contribution in [1.82, 2.24) is 29.4 Å². The lowest BCUT2D eigenvalue weighted by molar-refractivity contribution is -0.138. The molecule has 0 bridgehead atoms. The van der Waals surface area contributed by atoms with E-state index < -0.39 is 33.7 Å². The average Bonchev–Trinajstić information content (AvgIpc) is 3.37. The minimum Gasteiger partial charge on any atom is -0.351 e. The fraction of sp³-hybridized carbons (Fsp3) is 0.424. The van der Waals surface area contributed by atoms with Gasteiger partial charge in [0.15, 0.2) is 0 Å². The number of carbonyl (C=O) groups is 3. The van der Waals surface area contributed by atoms with Gasteiger partial charge >= 0.3 is 6.18 Å². The number of amides is 3. The van der Waals surface area contributed by atoms with Gasteiger partial charge in [-0.2, -0.15) is 17.5 Å². The van der Waals surface area contributed by atoms with Gasteiger partial charge in [-0.25, -0.2) is 18.4 Å². The molecule has 1 aromatic heterocycles. The number of hydrogen-bond donors (Lipinski definition) is 2. The van der Waals surface area contributed by atoms with Crippen molar-refractivity contribution in [2.75, 3.05) is 31.5 Å². The summed E-state index contributed by atoms with van der Waals surface area (Å²) in [5.74, 6) is -0.636. The molecule has 0 radical (unpaired) electrons. The summed E-state index contributed by atoms with van der Waals surface area (Å²) in [6.07, 6.45) is -1.66. The van der Waals surface area contributed by atoms with Crippen molar-refractivity contribution in [3.05, 3.63) is 82.7 Å². The molecule has 3 saturated heterocycles. The maximum atomic E-state index is 13.5. The van der Waals surface area contributed by atoms with Crippen LogP contribution in [0.3, 0.4) is 0 Å². The van der Waals surface area contributed by atoms with Gasteiger partial charge in [-0.05, 0) is 54.2 Å². The van der Waals surface area contributed by atoms with E-state index in [2.05, 4.69) is 25.5 Å². The number of nitrogens with one attached hydrogen (secondary N) is 2. The number of hydrogen-bond acceptors (Lipinski definition) is 9. The molecule has 0 spiro atoms. The van der Waals surface area contributed by atoms with Crippen LogP contribution in [0.2, 0.25) is 0 Å². The molecule has 1 atom stereocenters. The topological polar surface area (TPSA) is 145 Å². The number of carbonyl (C=O) groups excluding carboxylic acids is 3. The Bertz CT molecular complexity index is 1890. The molecule has 5 heterocycles. The molecule has 4 aliphatic rings. The largest absolute Gasteiger partial charge is 0.419 e. The van der Waals surface area contributed by atoms with E-state index in [4.69, 9.17) is 0 Å². The summed E-state index contributed by atoms with van der Waals surface area (Å²) in [5.41, 5.74) is 2.49. The number of piperidine rings is 2. The van der Waals surface area contributed by atoms with Crippen molar-refractivity contribution >= 4 is 33.7 Å². The highest BCUT2D eigenvalue weighted by Gasteiger charge is 2.40. The van der Waals surface area contributed by atoms with E-state index in [1.165, 1.54) is 4.31 Å². The highest BCUT2D eigenvalue weighted by Crippen LogP contribution is 2.34. The van der Waals surface area contributed by atoms with Gasteiger partial charge in [0, 0.05) is 75.6 Å². The van der Waals surface area contributed by atoms with Gasteiger partial charge in [0.1, 0.15) is 6.04 Å². The van der Waals surface area contributed by atoms with E-state index >= 15 is 0 Å². The summed E-state index contributed by atoms with van der Waals surface area (Å²) in [6, 6.07) is 11.9. The third-order valence-electron chi connectivity index (χ3n) is 9.68. The number of sulfonamides is 1. The van der Waals surface area contributed by atoms with Crippen LogP contribution in [-0.4, -0.2) is 88.5 Å². The number of halogens is 3. The van der Waals surface area contributed by atoms with E-state index in [-0.39, 0.29) is 54.1 Å². The zero-order valence-electron chi connectivity index (χ0n) is 26.3. The molecule has 12 nitrogen and oxygen atoms in total. The number of alkyl halides is 3. The third-order valence-corrected chi connectivity index (χ3v) is 11.6. The molecule has 2 N–H and O–H groups in total. The molecule has 258 valence electrons. The number of likely N-dealkylation sites (tertiary alicyclic amines) is 1. The van der Waals surface area contributed by atoms with Crippen LogP contribution < -0.4 is 10.6 Å². The van der Waals surface area contributed by atoms with E-state index in [0.29, 0.717) is 37.9 Å². The monoisotopic (exact) mass is 697 g/mol. The lowest BCUT2D eigenvalue weighted by Gasteiger charge is -2.40. The molecule has 0 saturated carbocycles. The van der Waals surface area contributed by atoms with Crippen LogP contribution in [0.25, 0.3) is 0 Å². The Morgan fingerprint density at radius 1 is 0.959 bits per heavy atom. The molecule has 0 aliphatic carbocycles. The SMILES string of the molecule is O=C1CCC(N2Cc3cc(C4CN(Cc5cccc(S(=O)(=O)N6CCC(Nc7ncc(C(F)(F)F)cn7)CC6)c5)C4)ccc3C2=O)C(=O)N1. The minimum atomic E-state index is -4.52. The van der Waals surface area contributed by atoms with Crippen LogP contribution >= 0.6 is 0 Å². The summed E-state index contributed by atoms with van der Waals surface area (Å²) >= 11 is 0. The molecule has 3 aromatic rings. The second-order valence-electron chi connectivity index (χ2n) is 13.0. The van der Waals surface area contributed by atoms with Crippen LogP contribution in [0.1, 0.15) is 64.2 Å². The summed E-state index contributed by atoms with van der Waals surface area (Å²) in [7, 11) is -3.75. The zero-order chi connectivity index (χ0) is 34.5. The van der Waals surface area contributed by atoms with Gasteiger partial charge in [-0.3, -0.25) is 24.6 Å². The van der Waals surface area contributed by atoms with Crippen molar-refractivity contribution < 1.29 is 36.0 Å². The van der Waals surface area contributed by atoms with Crippen LogP contribution in [0.5, 0.6) is 0 Å². The number of fused-ring (bicyclic) bond motifs is 1. The van der Waals surface area contributed by atoms with Gasteiger partial charge in [0.2, 0.25) is 27.8 Å². The highest BCUT2D eigenvalue weighted by atomic mass is 32.2. The Kier molecular flexibility index (Phi) is 8.65. The van der Waals surface area contributed by atoms with E-state index in [0.717, 1.165) is 42.2 Å². The Labute approximate surface area is 280 Å². The quantitative estimate of drug-likeness (QED) is 0.340. The fourth-order valence-electron chi connectivity index (χ4n) is 6.94. The fourth-order valence-corrected chi connectivity index (χ4v) is 8.48. The van der Waals surface area contributed by atoms with Gasteiger partial charge < -0.3 is 10.2 Å². The first-order chi connectivity index (χ1) is 23.3. The Morgan fingerprint density at radius 2 is 1.69 bits per heavy atom. The number of anilines is 1. The molecular weight excluding hydrogens is 663 g/mol. The predicted molar refractivity (Wildman–Crippen MR) is 169 cm³/mol. The van der Waals surface area contributed by atoms with Crippen molar-refractivity contribution in [3.63, 3.8) is 0 Å². The molecule has 2 aromatic carbocycles. The lowest BCUT2D eigenvalue weighted by atomic mass is 9.89. The Balaban J connectivity index is 0.914. The molecule has 16 heteroatoms. The first-order valence-electron chi connectivity index (χ1n) is 16.1. The second kappa shape index (κ2) is 12.8. The van der Waals surface area contributed by atoms with Crippen LogP contribution in [0, 0.1) is 0 Å². The lowest BCUT2D eigenvalue weighted by Crippen LogP contribution is -2.52. The summed E-state index contributed by atoms with van der Waals surface area (Å²) in [5, 5.41) is 5.33. The number of nitrogens with zero attached hydrogens (tertiary/aromatic N) is 5. The van der Waals surface area contributed by atoms with E-state index in [1.807, 2.05) is 24.3 Å². The Morgan fingerprint density at radius 3 is 2.39 bits per heavy atom. The zero-order valence-corrected chi connectivity index (χ0v) is 27.1. The average molecular weight is 698 g/mol. The molecule has 49 heavy (non-hydrogen) atoms. The molecule has 3 fully saturated rings. The minimum absolute atomic E-state index is 0.0675. The van der Waals surface area contributed by atoms with Gasteiger partial charge in [0.05, 0.1) is 10.5 Å². The van der Waals surface area contributed by atoms with Crippen molar-refractivity contribution in [3.8, 4) is 0 Å². The van der Waals surface area contributed by atoms with Crippen molar-refractivity contribution in [1.29, 1.82) is 0 Å². The number of rotatable bonds is 8. The third kappa shape index (κ3) is 6.76. The summed E-state index contributed by atoms with van der Waals surface area (Å²) < 4.78 is 66.8. The number of aromatic nitrogens is 2. The molecule has 4 aliphatic heterocycles. The van der Waals surface area contributed by atoms with Crippen LogP contribution in [0.4, 0.5) is 19.1 Å². The van der Waals surface area contributed by atoms with Crippen molar-refractivity contribution in [2.24, 2.45) is 0 Å². The standard InChI is InChI=1S/C33H34F3N7O5S/c34-33(35,36)24-14-37-32(38-15-24)39-25-8-10-42(11-9-25)49(47,48)26-3-1-2-20(12-26)16-41-17-23(18-41)21-4-5-27-22(13-21)19-43(31(27)46)28-6-7-29(44)40-30(28)45/h1-5,12-15,23,25,28H,6-11,16-19H2,(H,37,38,39)(H,40,44,45). The molecule has 1 unspecified atom stereocenters. The highest BCUT2D eigenvalue weighted by molar-refractivity contribution is 7.89. The van der Waals surface area contributed by atoms with E-state index in [1.54, 1.807) is 23.1 Å². The maximum Gasteiger partial charge on any atom is 0.419 e. The molecule has 7 rings (SSSR count). The summed E-state index contributed by atoms with van der Waals surface area (Å²) in [4.78, 5) is 48.4. The number of benzene rings is 2. The molecule has 3 amide bonds. The molecular formula is C33H34F3N7O5S. The van der Waals surface area contributed by atoms with Crippen LogP contribution in [-0.2, 0) is 38.9 Å². The first-order valence-corrected chi connectivity index (χ1v) is 17.5. The first kappa shape index (κ1) is 33.1. The predicted octanol–water partition coefficient (Wildman–Crippen LogP) is 3.12. The smallest absolute Gasteiger partial charge is 0.351 e. The van der Waals surface area contributed by atoms with Gasteiger partial charge in [0.25, 0.3) is 5.91 Å². The van der Waals surface area contributed by atoms with E-state index in [9.17, 15) is 36.0 Å². The van der Waals surface area contributed by atoms with Gasteiger partial charge in [-0.15, -0.1) is 0 Å². The summed E-state index contributed by atoms with van der Waals surface area (Å²) in [6.45, 7) is 2.93. The van der Waals surface area contributed by atoms with Crippen LogP contribution in [0.15, 0.2) is 59.8 Å². The van der Waals surface area contributed by atoms with Gasteiger partial charge in [-0.1, -0.05) is 24.3 Å². The Hall–Kier alpha value is -4.41.